The van der Waals surface area contributed by atoms with Gasteiger partial charge in [-0.3, -0.25) is 24.2 Å². The van der Waals surface area contributed by atoms with Crippen LogP contribution in [0.3, 0.4) is 0 Å². The second kappa shape index (κ2) is 17.5. The summed E-state index contributed by atoms with van der Waals surface area (Å²) < 4.78 is 38.9. The highest BCUT2D eigenvalue weighted by Crippen LogP contribution is 2.70. The first-order valence-corrected chi connectivity index (χ1v) is 25.3. The van der Waals surface area contributed by atoms with Crippen molar-refractivity contribution in [1.82, 2.24) is 19.7 Å². The summed E-state index contributed by atoms with van der Waals surface area (Å²) in [4.78, 5) is 67.9. The first kappa shape index (κ1) is 47.8. The van der Waals surface area contributed by atoms with Crippen molar-refractivity contribution in [1.29, 1.82) is 0 Å². The Bertz CT molecular complexity index is 2690. The van der Waals surface area contributed by atoms with E-state index >= 15 is 4.79 Å². The zero-order valence-electron chi connectivity index (χ0n) is 40.2. The molecule has 3 unspecified atom stereocenters. The largest absolute Gasteiger partial charge is 0.468 e. The number of amides is 1. The standard InChI is InChI=1S/C53H63FN4O10S/c1-7-49(63)25-32-26-52(47(61)66-5,43-35(16-20-56(27-32)29-49)36-22-34(14-15-40(36)55-43)69-28-33-12-9-10-13-39(33)54)38-23-37-41(24-42(38)65-4)58(30-59)45-51(37)18-21-57-19-11-17-50(8-2,44(51)57)46(68-31(3)60)53(45,64)48(62)67-6/h9-15,17,22-24,30,32,38,42,44-46,55,63-64H,7-8,16,18-21,25-29H2,1-6H3/t32-,38?,42?,44+,45-,46-,49+,50-,51-,52+,53+/m1/s1. The van der Waals surface area contributed by atoms with E-state index < -0.39 is 75.6 Å². The number of benzene rings is 2. The van der Waals surface area contributed by atoms with Gasteiger partial charge in [-0.15, -0.1) is 11.8 Å². The number of esters is 3. The summed E-state index contributed by atoms with van der Waals surface area (Å²) in [5.41, 5.74) is -3.20. The second-order valence-electron chi connectivity index (χ2n) is 20.5. The van der Waals surface area contributed by atoms with Crippen molar-refractivity contribution in [2.75, 3.05) is 54.1 Å². The molecule has 1 amide bonds. The summed E-state index contributed by atoms with van der Waals surface area (Å²) in [7, 11) is 4.14. The number of carbonyl (C=O) groups excluding carboxylic acids is 4. The summed E-state index contributed by atoms with van der Waals surface area (Å²) >= 11 is 1.53. The Labute approximate surface area is 406 Å². The van der Waals surface area contributed by atoms with Crippen LogP contribution in [0.15, 0.2) is 82.9 Å². The second-order valence-corrected chi connectivity index (χ2v) is 21.6. The highest BCUT2D eigenvalue weighted by Gasteiger charge is 2.82. The van der Waals surface area contributed by atoms with Gasteiger partial charge in [0, 0.05) is 95.9 Å². The van der Waals surface area contributed by atoms with E-state index in [2.05, 4.69) is 26.9 Å². The fourth-order valence-corrected chi connectivity index (χ4v) is 15.6. The molecule has 12 atom stereocenters. The van der Waals surface area contributed by atoms with Gasteiger partial charge in [-0.25, -0.2) is 9.18 Å². The molecular formula is C53H63FN4O10S. The molecule has 1 saturated carbocycles. The van der Waals surface area contributed by atoms with E-state index in [1.165, 1.54) is 43.9 Å². The summed E-state index contributed by atoms with van der Waals surface area (Å²) in [5.74, 6) is -3.06. The number of piperidine rings is 1. The maximum absolute atomic E-state index is 15.7. The summed E-state index contributed by atoms with van der Waals surface area (Å²) in [6, 6.07) is 11.1. The molecule has 3 aromatic rings. The first-order chi connectivity index (χ1) is 33.1. The number of hydrogen-bond acceptors (Lipinski definition) is 13. The number of nitrogens with zero attached hydrogens (tertiary/aromatic N) is 3. The zero-order valence-corrected chi connectivity index (χ0v) is 41.0. The number of aliphatic hydroxyl groups is 2. The Morgan fingerprint density at radius 1 is 0.986 bits per heavy atom. The third kappa shape index (κ3) is 6.89. The zero-order chi connectivity index (χ0) is 48.8. The van der Waals surface area contributed by atoms with Crippen LogP contribution < -0.4 is 0 Å². The fraction of sp³-hybridized carbons (Fsp3) is 0.547. The number of likely N-dealkylation sites (tertiary alicyclic amines) is 1. The van der Waals surface area contributed by atoms with Crippen molar-refractivity contribution >= 4 is 47.0 Å². The quantitative estimate of drug-likeness (QED) is 0.0716. The van der Waals surface area contributed by atoms with Crippen molar-refractivity contribution < 1.29 is 52.7 Å². The number of aromatic amines is 1. The van der Waals surface area contributed by atoms with Gasteiger partial charge in [0.15, 0.2) is 6.10 Å². The number of methoxy groups -OCH3 is 3. The van der Waals surface area contributed by atoms with Gasteiger partial charge in [0.25, 0.3) is 0 Å². The number of nitrogens with one attached hydrogen (secondary N) is 1. The number of H-pyrrole nitrogens is 1. The van der Waals surface area contributed by atoms with Gasteiger partial charge in [0.05, 0.1) is 32.0 Å². The molecule has 1 aromatic heterocycles. The van der Waals surface area contributed by atoms with Crippen molar-refractivity contribution in [3.8, 4) is 0 Å². The van der Waals surface area contributed by atoms with Crippen LogP contribution in [0, 0.1) is 28.5 Å². The molecule has 2 aliphatic carbocycles. The van der Waals surface area contributed by atoms with E-state index in [9.17, 15) is 29.0 Å². The number of fused-ring (bicyclic) bond motifs is 6. The molecule has 14 nitrogen and oxygen atoms in total. The predicted octanol–water partition coefficient (Wildman–Crippen LogP) is 5.59. The third-order valence-electron chi connectivity index (χ3n) is 17.3. The average Bonchev–Trinajstić information content (AvgIpc) is 4.02. The molecule has 2 bridgehead atoms. The smallest absolute Gasteiger partial charge is 0.344 e. The Kier molecular flexibility index (Phi) is 12.1. The lowest BCUT2D eigenvalue weighted by atomic mass is 9.47. The number of ether oxygens (including phenoxy) is 4. The van der Waals surface area contributed by atoms with E-state index in [-0.39, 0.29) is 18.2 Å². The molecule has 16 heteroatoms. The third-order valence-corrected chi connectivity index (χ3v) is 18.4. The van der Waals surface area contributed by atoms with Gasteiger partial charge in [-0.1, -0.05) is 50.3 Å². The van der Waals surface area contributed by atoms with Crippen LogP contribution >= 0.6 is 11.8 Å². The van der Waals surface area contributed by atoms with E-state index in [0.29, 0.717) is 99.5 Å². The lowest BCUT2D eigenvalue weighted by molar-refractivity contribution is -0.242. The molecule has 0 radical (unpaired) electrons. The van der Waals surface area contributed by atoms with Crippen LogP contribution in [-0.4, -0.2) is 144 Å². The lowest BCUT2D eigenvalue weighted by Crippen LogP contribution is -2.80. The van der Waals surface area contributed by atoms with Crippen molar-refractivity contribution in [2.45, 2.75) is 111 Å². The molecule has 69 heavy (non-hydrogen) atoms. The Hall–Kier alpha value is -4.84. The van der Waals surface area contributed by atoms with Crippen LogP contribution in [0.1, 0.15) is 69.7 Å². The van der Waals surface area contributed by atoms with Crippen LogP contribution in [0.4, 0.5) is 4.39 Å². The van der Waals surface area contributed by atoms with Gasteiger partial charge in [-0.05, 0) is 98.0 Å². The molecule has 368 valence electrons. The molecule has 5 aliphatic heterocycles. The van der Waals surface area contributed by atoms with Crippen molar-refractivity contribution in [3.05, 3.63) is 101 Å². The highest BCUT2D eigenvalue weighted by molar-refractivity contribution is 7.98. The minimum absolute atomic E-state index is 0.184. The normalized spacial score (nSPS) is 36.7. The number of carbonyl (C=O) groups is 4. The number of hydrogen-bond donors (Lipinski definition) is 3. The molecule has 2 aromatic carbocycles. The summed E-state index contributed by atoms with van der Waals surface area (Å²) in [5, 5.41) is 26.5. The van der Waals surface area contributed by atoms with Crippen molar-refractivity contribution in [2.24, 2.45) is 22.7 Å². The van der Waals surface area contributed by atoms with Gasteiger partial charge in [0.1, 0.15) is 11.2 Å². The minimum Gasteiger partial charge on any atom is -0.468 e. The van der Waals surface area contributed by atoms with Crippen LogP contribution in [0.5, 0.6) is 0 Å². The van der Waals surface area contributed by atoms with Crippen molar-refractivity contribution in [3.63, 3.8) is 0 Å². The predicted molar refractivity (Wildman–Crippen MR) is 255 cm³/mol. The maximum Gasteiger partial charge on any atom is 0.344 e. The van der Waals surface area contributed by atoms with E-state index in [1.807, 2.05) is 50.3 Å². The van der Waals surface area contributed by atoms with E-state index in [1.54, 1.807) is 19.2 Å². The average molecular weight is 967 g/mol. The molecule has 1 spiro atoms. The number of rotatable bonds is 11. The molecule has 6 heterocycles. The summed E-state index contributed by atoms with van der Waals surface area (Å²) in [6.45, 7) is 8.00. The van der Waals surface area contributed by atoms with Gasteiger partial charge in [-0.2, -0.15) is 0 Å². The van der Waals surface area contributed by atoms with E-state index in [0.717, 1.165) is 21.4 Å². The first-order valence-electron chi connectivity index (χ1n) is 24.3. The highest BCUT2D eigenvalue weighted by atomic mass is 32.2. The molecule has 3 N–H and O–H groups in total. The maximum atomic E-state index is 15.7. The molecule has 10 rings (SSSR count). The summed E-state index contributed by atoms with van der Waals surface area (Å²) in [6.07, 6.45) is 8.73. The van der Waals surface area contributed by atoms with Gasteiger partial charge >= 0.3 is 17.9 Å². The van der Waals surface area contributed by atoms with Crippen LogP contribution in [0.25, 0.3) is 10.9 Å². The molecule has 4 fully saturated rings. The van der Waals surface area contributed by atoms with Gasteiger partial charge < -0.3 is 39.0 Å². The SMILES string of the molecule is CC[C@]1(O)C[C@H]2CN(CCc3c([nH]c4ccc(SCc5ccccc5F)cc34)[C@@](C(=O)OC)(C3C=C4C(=CC3OC)N(C=O)[C@H]3[C@@](O)(C(=O)OC)[C@H](OC(C)=O)[C@]5(CC)C=CCN6CC[C@]43[C@@H]65)C2)C1. The number of halogens is 1. The number of allylic oxidation sites excluding steroid dienone is 1. The van der Waals surface area contributed by atoms with Crippen LogP contribution in [0.2, 0.25) is 0 Å². The van der Waals surface area contributed by atoms with Gasteiger partial charge in [0.2, 0.25) is 12.0 Å². The fourth-order valence-electron chi connectivity index (χ4n) is 14.7. The number of thioether (sulfide) groups is 1. The minimum atomic E-state index is -2.55. The molecular weight excluding hydrogens is 904 g/mol. The van der Waals surface area contributed by atoms with E-state index in [4.69, 9.17) is 18.9 Å². The Morgan fingerprint density at radius 3 is 2.46 bits per heavy atom. The number of aromatic nitrogens is 1. The molecule has 3 saturated heterocycles. The molecule has 7 aliphatic rings. The monoisotopic (exact) mass is 966 g/mol. The topological polar surface area (TPSA) is 171 Å². The van der Waals surface area contributed by atoms with Crippen LogP contribution in [-0.2, 0) is 55.7 Å². The Morgan fingerprint density at radius 2 is 1.77 bits per heavy atom. The Balaban J connectivity index is 1.22. The lowest BCUT2D eigenvalue weighted by Gasteiger charge is -2.63.